The number of rotatable bonds is 22. The van der Waals surface area contributed by atoms with E-state index in [4.69, 9.17) is 47.4 Å². The summed E-state index contributed by atoms with van der Waals surface area (Å²) < 4.78 is 60.0. The lowest BCUT2D eigenvalue weighted by Crippen LogP contribution is -2.61. The highest BCUT2D eigenvalue weighted by molar-refractivity contribution is 5.68. The van der Waals surface area contributed by atoms with Crippen LogP contribution >= 0.6 is 0 Å². The molecule has 11 atom stereocenters. The first kappa shape index (κ1) is 47.8. The van der Waals surface area contributed by atoms with Gasteiger partial charge in [0.2, 0.25) is 0 Å². The third-order valence-electron chi connectivity index (χ3n) is 9.97. The zero-order valence-electron chi connectivity index (χ0n) is 35.2. The molecule has 2 aliphatic heterocycles. The lowest BCUT2D eigenvalue weighted by Gasteiger charge is -2.46. The number of carbonyl (C=O) groups is 3. The minimum Gasteiger partial charge on any atom is -0.463 e. The van der Waals surface area contributed by atoms with Crippen LogP contribution in [0.1, 0.15) is 50.3 Å². The monoisotopic (exact) mass is 861 g/mol. The predicted molar refractivity (Wildman–Crippen MR) is 220 cm³/mol. The molecule has 2 saturated heterocycles. The highest BCUT2D eigenvalue weighted by atomic mass is 16.7. The normalized spacial score (nSPS) is 26.5. The van der Waals surface area contributed by atoms with Gasteiger partial charge in [-0.25, -0.2) is 0 Å². The number of esters is 3. The molecule has 0 bridgehead atoms. The van der Waals surface area contributed by atoms with E-state index in [1.54, 1.807) is 12.2 Å². The molecular weight excluding hydrogens is 807 g/mol. The highest BCUT2D eigenvalue weighted by Crippen LogP contribution is 2.34. The molecular formula is C45H55N3O14. The number of aliphatic hydroxyl groups is 1. The number of nitrogens with zero attached hydrogens (tertiary/aromatic N) is 3. The van der Waals surface area contributed by atoms with Gasteiger partial charge in [0.05, 0.1) is 38.6 Å². The van der Waals surface area contributed by atoms with Gasteiger partial charge in [-0.2, -0.15) is 0 Å². The molecule has 0 unspecified atom stereocenters. The summed E-state index contributed by atoms with van der Waals surface area (Å²) in [5, 5.41) is 15.2. The Morgan fingerprint density at radius 2 is 1.19 bits per heavy atom. The maximum atomic E-state index is 12.1. The van der Waals surface area contributed by atoms with Gasteiger partial charge in [-0.05, 0) is 28.6 Å². The minimum atomic E-state index is -1.33. The maximum Gasteiger partial charge on any atom is 0.303 e. The largest absolute Gasteiger partial charge is 0.463 e. The van der Waals surface area contributed by atoms with Crippen molar-refractivity contribution in [3.8, 4) is 0 Å². The van der Waals surface area contributed by atoms with Crippen LogP contribution in [0.15, 0.2) is 108 Å². The molecule has 3 aromatic carbocycles. The van der Waals surface area contributed by atoms with Crippen LogP contribution in [0.3, 0.4) is 0 Å². The average molecular weight is 862 g/mol. The maximum absolute atomic E-state index is 12.1. The first-order valence-corrected chi connectivity index (χ1v) is 20.3. The van der Waals surface area contributed by atoms with E-state index in [1.165, 1.54) is 14.0 Å². The van der Waals surface area contributed by atoms with Crippen molar-refractivity contribution < 1.29 is 66.9 Å². The van der Waals surface area contributed by atoms with E-state index < -0.39 is 85.4 Å². The van der Waals surface area contributed by atoms with Crippen molar-refractivity contribution in [2.75, 3.05) is 20.3 Å². The van der Waals surface area contributed by atoms with Gasteiger partial charge >= 0.3 is 17.9 Å². The van der Waals surface area contributed by atoms with Gasteiger partial charge in [0.15, 0.2) is 24.8 Å². The SMILES string of the molecule is CO[C@H]1O[C@H](C[C@H](O)C/C=C/CO[C@@H]2O[C@H](COC(C)=O)[C@@H](OC(C)=O)[C@H](OC(C)=O)[C@H]2N=[N+]=[N-])[C@@H](OCc2ccccc2)[C@H](OCc2ccccc2)[C@H]1OCc1ccccc1. The molecule has 0 aromatic heterocycles. The summed E-state index contributed by atoms with van der Waals surface area (Å²) in [4.78, 5) is 38.6. The van der Waals surface area contributed by atoms with Crippen LogP contribution in [-0.4, -0.2) is 111 Å². The molecule has 2 aliphatic rings. The third-order valence-corrected chi connectivity index (χ3v) is 9.97. The second-order valence-electron chi connectivity index (χ2n) is 14.7. The Labute approximate surface area is 360 Å². The fraction of sp³-hybridized carbons (Fsp3) is 0.489. The Hall–Kier alpha value is -5.20. The van der Waals surface area contributed by atoms with E-state index in [1.807, 2.05) is 91.0 Å². The molecule has 17 nitrogen and oxygen atoms in total. The summed E-state index contributed by atoms with van der Waals surface area (Å²) in [6, 6.07) is 27.9. The van der Waals surface area contributed by atoms with Crippen LogP contribution in [0.4, 0.5) is 0 Å². The second kappa shape index (κ2) is 25.0. The van der Waals surface area contributed by atoms with Crippen LogP contribution in [-0.2, 0) is 81.6 Å². The molecule has 0 spiro atoms. The number of ether oxygens (including phenoxy) is 10. The zero-order chi connectivity index (χ0) is 44.3. The molecule has 3 aromatic rings. The molecule has 0 amide bonds. The van der Waals surface area contributed by atoms with Crippen LogP contribution in [0.25, 0.3) is 10.4 Å². The van der Waals surface area contributed by atoms with Crippen molar-refractivity contribution >= 4 is 17.9 Å². The van der Waals surface area contributed by atoms with E-state index in [-0.39, 0.29) is 45.9 Å². The first-order valence-electron chi connectivity index (χ1n) is 20.3. The van der Waals surface area contributed by atoms with Gasteiger partial charge in [0.25, 0.3) is 0 Å². The number of azide groups is 1. The van der Waals surface area contributed by atoms with E-state index in [9.17, 15) is 25.0 Å². The molecule has 1 N–H and O–H groups in total. The molecule has 0 aliphatic carbocycles. The molecule has 62 heavy (non-hydrogen) atoms. The number of hydrogen-bond acceptors (Lipinski definition) is 15. The van der Waals surface area contributed by atoms with Gasteiger partial charge in [-0.1, -0.05) is 108 Å². The van der Waals surface area contributed by atoms with E-state index >= 15 is 0 Å². The topological polar surface area (TPSA) is 212 Å². The van der Waals surface area contributed by atoms with Crippen LogP contribution in [0.5, 0.6) is 0 Å². The fourth-order valence-electron chi connectivity index (χ4n) is 7.17. The van der Waals surface area contributed by atoms with Crippen molar-refractivity contribution in [1.82, 2.24) is 0 Å². The Morgan fingerprint density at radius 3 is 1.71 bits per heavy atom. The van der Waals surface area contributed by atoms with E-state index in [0.29, 0.717) is 0 Å². The summed E-state index contributed by atoms with van der Waals surface area (Å²) in [5.74, 6) is -2.12. The predicted octanol–water partition coefficient (Wildman–Crippen LogP) is 5.66. The van der Waals surface area contributed by atoms with Crippen LogP contribution in [0.2, 0.25) is 0 Å². The summed E-state index contributed by atoms with van der Waals surface area (Å²) in [7, 11) is 1.53. The fourth-order valence-corrected chi connectivity index (χ4v) is 7.17. The number of hydrogen-bond donors (Lipinski definition) is 1. The highest BCUT2D eigenvalue weighted by Gasteiger charge is 2.51. The van der Waals surface area contributed by atoms with Gasteiger partial charge in [-0.3, -0.25) is 14.4 Å². The van der Waals surface area contributed by atoms with Crippen LogP contribution in [0, 0.1) is 0 Å². The third kappa shape index (κ3) is 14.7. The van der Waals surface area contributed by atoms with Gasteiger partial charge in [-0.15, -0.1) is 0 Å². The van der Waals surface area contributed by atoms with Crippen molar-refractivity contribution in [3.63, 3.8) is 0 Å². The molecule has 5 rings (SSSR count). The summed E-state index contributed by atoms with van der Waals surface area (Å²) >= 11 is 0. The van der Waals surface area contributed by atoms with Gasteiger partial charge < -0.3 is 52.5 Å². The Kier molecular flexibility index (Phi) is 19.3. The molecule has 17 heteroatoms. The number of carbonyl (C=O) groups excluding carboxylic acids is 3. The Bertz CT molecular complexity index is 1900. The quantitative estimate of drug-likeness (QED) is 0.0323. The van der Waals surface area contributed by atoms with Crippen molar-refractivity contribution in [3.05, 3.63) is 130 Å². The zero-order valence-corrected chi connectivity index (χ0v) is 35.2. The van der Waals surface area contributed by atoms with E-state index in [2.05, 4.69) is 10.0 Å². The first-order chi connectivity index (χ1) is 30.1. The number of benzene rings is 3. The standard InChI is InChI=1S/C45H55N3O14/c1-29(49)55-28-37-40(59-30(2)50)41(60-31(3)51)38(47-48-46)44(62-37)54-23-15-14-22-35(52)24-36-39(56-25-32-16-8-5-9-17-32)42(57-26-33-18-10-6-11-19-33)43(45(53-4)61-36)58-27-34-20-12-7-13-21-34/h5-21,35-45,52H,22-28H2,1-4H3/b15-14+/t35-,36-,37-,38-,39-,40-,41-,42+,43-,44-,45+/m1/s1. The lowest BCUT2D eigenvalue weighted by molar-refractivity contribution is -0.320. The van der Waals surface area contributed by atoms with Gasteiger partial charge in [0, 0.05) is 39.2 Å². The van der Waals surface area contributed by atoms with Crippen molar-refractivity contribution in [2.24, 2.45) is 5.11 Å². The molecule has 2 fully saturated rings. The van der Waals surface area contributed by atoms with Crippen molar-refractivity contribution in [2.45, 2.75) is 121 Å². The Morgan fingerprint density at radius 1 is 0.677 bits per heavy atom. The van der Waals surface area contributed by atoms with Crippen molar-refractivity contribution in [1.29, 1.82) is 0 Å². The Balaban J connectivity index is 1.30. The molecule has 2 heterocycles. The average Bonchev–Trinajstić information content (AvgIpc) is 3.26. The summed E-state index contributed by atoms with van der Waals surface area (Å²) in [5.41, 5.74) is 12.2. The second-order valence-corrected chi connectivity index (χ2v) is 14.7. The molecule has 0 saturated carbocycles. The summed E-state index contributed by atoms with van der Waals surface area (Å²) in [6.45, 7) is 3.76. The molecule has 0 radical (unpaired) electrons. The summed E-state index contributed by atoms with van der Waals surface area (Å²) in [6.07, 6.45) is -6.01. The number of methoxy groups -OCH3 is 1. The molecule has 334 valence electrons. The van der Waals surface area contributed by atoms with Crippen LogP contribution < -0.4 is 0 Å². The van der Waals surface area contributed by atoms with E-state index in [0.717, 1.165) is 30.5 Å². The minimum absolute atomic E-state index is 0.107. The van der Waals surface area contributed by atoms with Gasteiger partial charge in [0.1, 0.15) is 37.1 Å². The number of aliphatic hydroxyl groups excluding tert-OH is 1. The smallest absolute Gasteiger partial charge is 0.303 e. The lowest BCUT2D eigenvalue weighted by atomic mass is 9.93.